The zero-order chi connectivity index (χ0) is 28.8. The number of pyridine rings is 1. The molecule has 8 rings (SSSR count). The molecule has 6 heterocycles. The van der Waals surface area contributed by atoms with E-state index in [1.165, 1.54) is 24.0 Å². The van der Waals surface area contributed by atoms with Crippen molar-refractivity contribution in [2.24, 2.45) is 0 Å². The van der Waals surface area contributed by atoms with Gasteiger partial charge in [0.15, 0.2) is 28.6 Å². The summed E-state index contributed by atoms with van der Waals surface area (Å²) in [7, 11) is 2.18. The quantitative estimate of drug-likeness (QED) is 0.368. The first-order valence-electron chi connectivity index (χ1n) is 14.5. The normalized spacial score (nSPS) is 20.1. The third-order valence-electron chi connectivity index (χ3n) is 8.86. The maximum Gasteiger partial charge on any atom is 0.278 e. The van der Waals surface area contributed by atoms with E-state index in [-0.39, 0.29) is 11.5 Å². The van der Waals surface area contributed by atoms with E-state index in [2.05, 4.69) is 40.4 Å². The van der Waals surface area contributed by atoms with Gasteiger partial charge in [-0.05, 0) is 75.5 Å². The Morgan fingerprint density at radius 2 is 1.90 bits per heavy atom. The predicted molar refractivity (Wildman–Crippen MR) is 159 cm³/mol. The number of fused-ring (bicyclic) bond motifs is 7. The van der Waals surface area contributed by atoms with Gasteiger partial charge in [0.1, 0.15) is 5.39 Å². The molecule has 1 aromatic carbocycles. The van der Waals surface area contributed by atoms with E-state index in [0.29, 0.717) is 59.3 Å². The lowest BCUT2D eigenvalue weighted by atomic mass is 9.87. The SMILES string of the molecule is CN1Cc2cc(Nc3ncc4c(=O)n5n(c4n3)-c3ccc4c(n3)N(CCC=CC5)C(=O)C(C)(C)O4)ccc2C2(CC2)C1. The number of benzene rings is 1. The second-order valence-electron chi connectivity index (χ2n) is 12.4. The second-order valence-corrected chi connectivity index (χ2v) is 12.4. The highest BCUT2D eigenvalue weighted by molar-refractivity contribution is 6.01. The predicted octanol–water partition coefficient (Wildman–Crippen LogP) is 3.66. The summed E-state index contributed by atoms with van der Waals surface area (Å²) >= 11 is 0. The molecule has 1 fully saturated rings. The number of aromatic nitrogens is 5. The van der Waals surface area contributed by atoms with E-state index >= 15 is 0 Å². The number of carbonyl (C=O) groups is 1. The number of amides is 1. The minimum absolute atomic E-state index is 0.153. The van der Waals surface area contributed by atoms with Crippen molar-refractivity contribution < 1.29 is 9.53 Å². The van der Waals surface area contributed by atoms with E-state index in [1.807, 2.05) is 18.2 Å². The molecule has 3 aliphatic heterocycles. The Morgan fingerprint density at radius 1 is 1.05 bits per heavy atom. The van der Waals surface area contributed by atoms with Gasteiger partial charge in [-0.15, -0.1) is 0 Å². The Hall–Kier alpha value is -4.51. The van der Waals surface area contributed by atoms with Crippen LogP contribution in [0.4, 0.5) is 17.5 Å². The highest BCUT2D eigenvalue weighted by Crippen LogP contribution is 2.52. The van der Waals surface area contributed by atoms with Gasteiger partial charge in [-0.1, -0.05) is 18.2 Å². The van der Waals surface area contributed by atoms with Gasteiger partial charge in [0, 0.05) is 36.9 Å². The largest absolute Gasteiger partial charge is 0.474 e. The minimum Gasteiger partial charge on any atom is -0.474 e. The molecule has 1 N–H and O–H groups in total. The molecular formula is C31H32N8O3. The monoisotopic (exact) mass is 564 g/mol. The van der Waals surface area contributed by atoms with Crippen molar-refractivity contribution in [3.05, 3.63) is 70.2 Å². The number of nitrogens with zero attached hydrogens (tertiary/aromatic N) is 7. The average Bonchev–Trinajstić information content (AvgIpc) is 3.66. The molecule has 0 radical (unpaired) electrons. The van der Waals surface area contributed by atoms with Crippen LogP contribution >= 0.6 is 0 Å². The molecule has 0 atom stereocenters. The number of hydrogen-bond acceptors (Lipinski definition) is 8. The van der Waals surface area contributed by atoms with Crippen LogP contribution in [0, 0.1) is 0 Å². The second kappa shape index (κ2) is 8.75. The molecule has 1 aliphatic carbocycles. The van der Waals surface area contributed by atoms with Crippen LogP contribution in [0.25, 0.3) is 16.9 Å². The molecule has 1 spiro atoms. The Bertz CT molecular complexity index is 1880. The number of rotatable bonds is 2. The molecule has 11 nitrogen and oxygen atoms in total. The lowest BCUT2D eigenvalue weighted by molar-refractivity contribution is -0.132. The Morgan fingerprint density at radius 3 is 2.74 bits per heavy atom. The maximum atomic E-state index is 13.6. The smallest absolute Gasteiger partial charge is 0.278 e. The first kappa shape index (κ1) is 25.2. The molecule has 2 bridgehead atoms. The molecule has 4 aliphatic rings. The van der Waals surface area contributed by atoms with Crippen LogP contribution in [-0.2, 0) is 23.3 Å². The fraction of sp³-hybridized carbons (Fsp3) is 0.387. The number of nitrogens with one attached hydrogen (secondary N) is 1. The molecule has 11 heteroatoms. The summed E-state index contributed by atoms with van der Waals surface area (Å²) in [4.78, 5) is 45.1. The van der Waals surface area contributed by atoms with Gasteiger partial charge in [-0.3, -0.25) is 14.5 Å². The van der Waals surface area contributed by atoms with E-state index in [9.17, 15) is 9.59 Å². The van der Waals surface area contributed by atoms with Gasteiger partial charge < -0.3 is 15.0 Å². The minimum atomic E-state index is -0.999. The lowest BCUT2D eigenvalue weighted by Crippen LogP contribution is -2.53. The van der Waals surface area contributed by atoms with Crippen LogP contribution in [0.5, 0.6) is 5.75 Å². The van der Waals surface area contributed by atoms with Crippen molar-refractivity contribution in [1.29, 1.82) is 0 Å². The van der Waals surface area contributed by atoms with E-state index in [0.717, 1.165) is 18.8 Å². The number of carbonyl (C=O) groups excluding carboxylic acids is 1. The maximum absolute atomic E-state index is 13.6. The molecule has 0 saturated heterocycles. The number of ether oxygens (including phenoxy) is 1. The summed E-state index contributed by atoms with van der Waals surface area (Å²) < 4.78 is 9.34. The summed E-state index contributed by atoms with van der Waals surface area (Å²) in [6.07, 6.45) is 8.59. The Labute approximate surface area is 242 Å². The number of hydrogen-bond donors (Lipinski definition) is 1. The van der Waals surface area contributed by atoms with Gasteiger partial charge in [0.25, 0.3) is 11.5 Å². The molecule has 42 heavy (non-hydrogen) atoms. The fourth-order valence-corrected chi connectivity index (χ4v) is 6.72. The van der Waals surface area contributed by atoms with Gasteiger partial charge in [0.05, 0.1) is 6.54 Å². The van der Waals surface area contributed by atoms with Gasteiger partial charge in [-0.25, -0.2) is 19.3 Å². The topological polar surface area (TPSA) is 110 Å². The molecule has 3 aromatic heterocycles. The van der Waals surface area contributed by atoms with Gasteiger partial charge in [-0.2, -0.15) is 4.98 Å². The van der Waals surface area contributed by atoms with Crippen LogP contribution in [0.1, 0.15) is 44.2 Å². The third-order valence-corrected chi connectivity index (χ3v) is 8.86. The zero-order valence-electron chi connectivity index (χ0n) is 23.9. The molecular weight excluding hydrogens is 532 g/mol. The van der Waals surface area contributed by atoms with Crippen molar-refractivity contribution >= 4 is 34.4 Å². The van der Waals surface area contributed by atoms with Crippen molar-refractivity contribution in [3.8, 4) is 11.6 Å². The standard InChI is InChI=1S/C31H32N8O3/c1-30(2)28(41)37-13-5-4-6-14-38-27(40)21-16-32-29(35-25(21)39(38)24-10-9-23(42-30)26(37)34-24)33-20-7-8-22-19(15-20)17-36(3)18-31(22)11-12-31/h4,6-10,15-16H,5,11-14,17-18H2,1-3H3,(H,32,33,35). The summed E-state index contributed by atoms with van der Waals surface area (Å²) in [5, 5.41) is 3.76. The molecule has 214 valence electrons. The van der Waals surface area contributed by atoms with Crippen LogP contribution in [0.2, 0.25) is 0 Å². The average molecular weight is 565 g/mol. The van der Waals surface area contributed by atoms with Crippen LogP contribution < -0.4 is 20.5 Å². The molecule has 1 saturated carbocycles. The van der Waals surface area contributed by atoms with E-state index in [4.69, 9.17) is 14.7 Å². The van der Waals surface area contributed by atoms with Crippen LogP contribution in [0.3, 0.4) is 0 Å². The molecule has 0 unspecified atom stereocenters. The van der Waals surface area contributed by atoms with Gasteiger partial charge >= 0.3 is 0 Å². The van der Waals surface area contributed by atoms with Crippen LogP contribution in [0.15, 0.2) is 53.5 Å². The number of anilines is 3. The third kappa shape index (κ3) is 3.79. The summed E-state index contributed by atoms with van der Waals surface area (Å²) in [6.45, 7) is 6.34. The Kier molecular flexibility index (Phi) is 5.25. The van der Waals surface area contributed by atoms with Gasteiger partial charge in [0.2, 0.25) is 5.95 Å². The van der Waals surface area contributed by atoms with Crippen molar-refractivity contribution in [2.45, 2.75) is 57.2 Å². The lowest BCUT2D eigenvalue weighted by Gasteiger charge is -2.37. The zero-order valence-corrected chi connectivity index (χ0v) is 23.9. The van der Waals surface area contributed by atoms with Crippen molar-refractivity contribution in [1.82, 2.24) is 29.2 Å². The van der Waals surface area contributed by atoms with E-state index in [1.54, 1.807) is 40.4 Å². The number of likely N-dealkylation sites (N-methyl/N-ethyl adjacent to an activating group) is 1. The van der Waals surface area contributed by atoms with E-state index < -0.39 is 5.60 Å². The summed E-state index contributed by atoms with van der Waals surface area (Å²) in [5.41, 5.74) is 3.23. The number of allylic oxidation sites excluding steroid dienone is 1. The first-order valence-corrected chi connectivity index (χ1v) is 14.5. The van der Waals surface area contributed by atoms with Crippen molar-refractivity contribution in [3.63, 3.8) is 0 Å². The highest BCUT2D eigenvalue weighted by Gasteiger charge is 2.48. The van der Waals surface area contributed by atoms with Crippen molar-refractivity contribution in [2.75, 3.05) is 30.4 Å². The Balaban J connectivity index is 1.23. The highest BCUT2D eigenvalue weighted by atomic mass is 16.5. The summed E-state index contributed by atoms with van der Waals surface area (Å²) in [5.74, 6) is 1.67. The first-order chi connectivity index (χ1) is 20.2. The molecule has 4 aromatic rings. The fourth-order valence-electron chi connectivity index (χ4n) is 6.72. The molecule has 1 amide bonds. The summed E-state index contributed by atoms with van der Waals surface area (Å²) in [6, 6.07) is 10.1. The van der Waals surface area contributed by atoms with Crippen LogP contribution in [-0.4, -0.2) is 60.9 Å².